The molecule has 0 nitrogen and oxygen atoms in total. The minimum Gasteiger partial charge on any atom is -0.0979 e. The Balaban J connectivity index is 4.27. The summed E-state index contributed by atoms with van der Waals surface area (Å²) in [5, 5.41) is 0. The number of halogens is 1. The van der Waals surface area contributed by atoms with Crippen LogP contribution in [0.1, 0.15) is 20.8 Å². The van der Waals surface area contributed by atoms with Gasteiger partial charge in [0.15, 0.2) is 0 Å². The van der Waals surface area contributed by atoms with Gasteiger partial charge in [0.05, 0.1) is 0 Å². The first kappa shape index (κ1) is 8.96. The molecule has 0 aromatic rings. The van der Waals surface area contributed by atoms with E-state index < -0.39 is 0 Å². The Morgan fingerprint density at radius 3 is 2.11 bits per heavy atom. The summed E-state index contributed by atoms with van der Waals surface area (Å²) in [7, 11) is 0. The lowest BCUT2D eigenvalue weighted by Gasteiger charge is -2.05. The summed E-state index contributed by atoms with van der Waals surface area (Å²) in [5.74, 6) is 0.609. The van der Waals surface area contributed by atoms with Crippen LogP contribution in [0, 0.1) is 5.92 Å². The normalized spacial score (nSPS) is 13.4. The van der Waals surface area contributed by atoms with Crippen molar-refractivity contribution in [2.75, 3.05) is 0 Å². The maximum Gasteiger partial charge on any atom is 0.0161 e. The SMILES string of the molecule is C=CC(Br)=C(C)C(C)C. The lowest BCUT2D eigenvalue weighted by atomic mass is 10.1. The Labute approximate surface area is 65.8 Å². The van der Waals surface area contributed by atoms with E-state index in [2.05, 4.69) is 43.3 Å². The van der Waals surface area contributed by atoms with Crippen LogP contribution >= 0.6 is 15.9 Å². The molecule has 52 valence electrons. The molecule has 0 aromatic heterocycles. The number of hydrogen-bond donors (Lipinski definition) is 0. The van der Waals surface area contributed by atoms with Gasteiger partial charge in [-0.3, -0.25) is 0 Å². The molecule has 0 atom stereocenters. The van der Waals surface area contributed by atoms with E-state index >= 15 is 0 Å². The van der Waals surface area contributed by atoms with Crippen molar-refractivity contribution < 1.29 is 0 Å². The predicted octanol–water partition coefficient (Wildman–Crippen LogP) is 3.50. The number of allylic oxidation sites excluding steroid dienone is 3. The fourth-order valence-electron chi connectivity index (χ4n) is 0.437. The average Bonchev–Trinajstić information content (AvgIpc) is 1.84. The Bertz CT molecular complexity index is 132. The molecule has 0 heterocycles. The van der Waals surface area contributed by atoms with Crippen LogP contribution in [-0.2, 0) is 0 Å². The molecule has 0 aliphatic rings. The van der Waals surface area contributed by atoms with Crippen LogP contribution in [-0.4, -0.2) is 0 Å². The van der Waals surface area contributed by atoms with E-state index in [-0.39, 0.29) is 0 Å². The first-order chi connectivity index (χ1) is 4.09. The van der Waals surface area contributed by atoms with Crippen molar-refractivity contribution in [3.05, 3.63) is 22.7 Å². The lowest BCUT2D eigenvalue weighted by Crippen LogP contribution is -1.89. The Kier molecular flexibility index (Phi) is 3.87. The van der Waals surface area contributed by atoms with E-state index in [1.165, 1.54) is 5.57 Å². The topological polar surface area (TPSA) is 0 Å². The minimum atomic E-state index is 0.609. The quantitative estimate of drug-likeness (QED) is 0.583. The monoisotopic (exact) mass is 188 g/mol. The van der Waals surface area contributed by atoms with Crippen LogP contribution in [0.25, 0.3) is 0 Å². The van der Waals surface area contributed by atoms with E-state index in [1.807, 2.05) is 6.08 Å². The molecule has 0 saturated carbocycles. The van der Waals surface area contributed by atoms with Gasteiger partial charge < -0.3 is 0 Å². The van der Waals surface area contributed by atoms with Crippen LogP contribution in [0.3, 0.4) is 0 Å². The molecule has 0 N–H and O–H groups in total. The molecule has 0 amide bonds. The molecule has 0 radical (unpaired) electrons. The number of rotatable bonds is 2. The van der Waals surface area contributed by atoms with Gasteiger partial charge in [0.25, 0.3) is 0 Å². The van der Waals surface area contributed by atoms with Gasteiger partial charge in [-0.25, -0.2) is 0 Å². The van der Waals surface area contributed by atoms with E-state index in [0.29, 0.717) is 5.92 Å². The molecule has 0 saturated heterocycles. The lowest BCUT2D eigenvalue weighted by molar-refractivity contribution is 0.768. The fraction of sp³-hybridized carbons (Fsp3) is 0.500. The van der Waals surface area contributed by atoms with E-state index in [1.54, 1.807) is 0 Å². The van der Waals surface area contributed by atoms with Crippen molar-refractivity contribution in [2.45, 2.75) is 20.8 Å². The molecule has 1 heteroatoms. The second kappa shape index (κ2) is 3.89. The Morgan fingerprint density at radius 1 is 1.56 bits per heavy atom. The zero-order chi connectivity index (χ0) is 7.44. The van der Waals surface area contributed by atoms with Crippen LogP contribution in [0.15, 0.2) is 22.7 Å². The van der Waals surface area contributed by atoms with Crippen molar-refractivity contribution in [1.82, 2.24) is 0 Å². The van der Waals surface area contributed by atoms with Crippen LogP contribution in [0.4, 0.5) is 0 Å². The minimum absolute atomic E-state index is 0.609. The highest BCUT2D eigenvalue weighted by atomic mass is 79.9. The third kappa shape index (κ3) is 2.85. The summed E-state index contributed by atoms with van der Waals surface area (Å²) in [6, 6.07) is 0. The van der Waals surface area contributed by atoms with E-state index in [4.69, 9.17) is 0 Å². The largest absolute Gasteiger partial charge is 0.0979 e. The van der Waals surface area contributed by atoms with E-state index in [0.717, 1.165) is 4.48 Å². The van der Waals surface area contributed by atoms with Gasteiger partial charge in [0.1, 0.15) is 0 Å². The van der Waals surface area contributed by atoms with Gasteiger partial charge in [-0.15, -0.1) is 0 Å². The Morgan fingerprint density at radius 2 is 2.00 bits per heavy atom. The van der Waals surface area contributed by atoms with Crippen molar-refractivity contribution in [2.24, 2.45) is 5.92 Å². The summed E-state index contributed by atoms with van der Waals surface area (Å²) in [5.41, 5.74) is 1.35. The first-order valence-electron chi connectivity index (χ1n) is 3.08. The van der Waals surface area contributed by atoms with Crippen LogP contribution in [0.5, 0.6) is 0 Å². The first-order valence-corrected chi connectivity index (χ1v) is 3.87. The van der Waals surface area contributed by atoms with Crippen molar-refractivity contribution in [3.8, 4) is 0 Å². The summed E-state index contributed by atoms with van der Waals surface area (Å²) in [4.78, 5) is 0. The molecule has 0 rings (SSSR count). The smallest absolute Gasteiger partial charge is 0.0161 e. The summed E-state index contributed by atoms with van der Waals surface area (Å²) >= 11 is 3.40. The number of hydrogen-bond acceptors (Lipinski definition) is 0. The van der Waals surface area contributed by atoms with Crippen LogP contribution < -0.4 is 0 Å². The van der Waals surface area contributed by atoms with Crippen molar-refractivity contribution in [3.63, 3.8) is 0 Å². The van der Waals surface area contributed by atoms with Gasteiger partial charge in [0.2, 0.25) is 0 Å². The van der Waals surface area contributed by atoms with Crippen molar-refractivity contribution in [1.29, 1.82) is 0 Å². The van der Waals surface area contributed by atoms with Crippen LogP contribution in [0.2, 0.25) is 0 Å². The van der Waals surface area contributed by atoms with E-state index in [9.17, 15) is 0 Å². The maximum absolute atomic E-state index is 3.66. The molecule has 9 heavy (non-hydrogen) atoms. The highest BCUT2D eigenvalue weighted by Crippen LogP contribution is 2.19. The molecule has 0 spiro atoms. The molecule has 0 aliphatic heterocycles. The highest BCUT2D eigenvalue weighted by Gasteiger charge is 1.98. The molecular weight excluding hydrogens is 176 g/mol. The molecular formula is C8H13Br. The van der Waals surface area contributed by atoms with Gasteiger partial charge in [-0.2, -0.15) is 0 Å². The Hall–Kier alpha value is -0.0400. The molecule has 0 unspecified atom stereocenters. The average molecular weight is 189 g/mol. The predicted molar refractivity (Wildman–Crippen MR) is 46.7 cm³/mol. The zero-order valence-corrected chi connectivity index (χ0v) is 7.83. The molecule has 0 aromatic carbocycles. The summed E-state index contributed by atoms with van der Waals surface area (Å²) in [6.07, 6.45) is 1.83. The van der Waals surface area contributed by atoms with Crippen molar-refractivity contribution >= 4 is 15.9 Å². The second-order valence-corrected chi connectivity index (χ2v) is 3.24. The highest BCUT2D eigenvalue weighted by molar-refractivity contribution is 9.11. The standard InChI is InChI=1S/C8H13Br/c1-5-8(9)7(4)6(2)3/h5-6H,1H2,2-4H3. The second-order valence-electron chi connectivity index (χ2n) is 2.39. The molecule has 0 bridgehead atoms. The summed E-state index contributed by atoms with van der Waals surface area (Å²) in [6.45, 7) is 10.1. The third-order valence-electron chi connectivity index (χ3n) is 1.42. The molecule has 0 fully saturated rings. The van der Waals surface area contributed by atoms with Gasteiger partial charge >= 0.3 is 0 Å². The molecule has 0 aliphatic carbocycles. The maximum atomic E-state index is 3.66. The third-order valence-corrected chi connectivity index (χ3v) is 2.37. The zero-order valence-electron chi connectivity index (χ0n) is 6.24. The van der Waals surface area contributed by atoms with Gasteiger partial charge in [-0.1, -0.05) is 48.0 Å². The fourth-order valence-corrected chi connectivity index (χ4v) is 0.895. The van der Waals surface area contributed by atoms with Gasteiger partial charge in [0, 0.05) is 4.48 Å². The summed E-state index contributed by atoms with van der Waals surface area (Å²) < 4.78 is 1.12. The van der Waals surface area contributed by atoms with Gasteiger partial charge in [-0.05, 0) is 12.8 Å².